The number of aromatic hydroxyl groups is 2. The van der Waals surface area contributed by atoms with Crippen LogP contribution in [-0.2, 0) is 5.54 Å². The Morgan fingerprint density at radius 2 is 1.67 bits per heavy atom. The average molecular weight is 165 g/mol. The van der Waals surface area contributed by atoms with Crippen LogP contribution in [0.25, 0.3) is 0 Å². The van der Waals surface area contributed by atoms with E-state index in [1.807, 2.05) is 0 Å². The lowest BCUT2D eigenvalue weighted by atomic mass is 10.0. The van der Waals surface area contributed by atoms with Crippen molar-refractivity contribution in [2.45, 2.75) is 18.4 Å². The first-order valence-electron chi connectivity index (χ1n) is 3.94. The third-order valence-electron chi connectivity index (χ3n) is 2.31. The van der Waals surface area contributed by atoms with Gasteiger partial charge in [0.05, 0.1) is 5.56 Å². The topological polar surface area (TPSA) is 66.5 Å². The number of phenols is 2. The van der Waals surface area contributed by atoms with Crippen molar-refractivity contribution in [2.75, 3.05) is 0 Å². The molecule has 1 aliphatic rings. The van der Waals surface area contributed by atoms with Crippen LogP contribution in [0.5, 0.6) is 11.5 Å². The predicted molar refractivity (Wildman–Crippen MR) is 44.9 cm³/mol. The summed E-state index contributed by atoms with van der Waals surface area (Å²) in [7, 11) is 0. The normalized spacial score (nSPS) is 19.1. The van der Waals surface area contributed by atoms with E-state index in [1.165, 1.54) is 0 Å². The van der Waals surface area contributed by atoms with E-state index in [0.717, 1.165) is 12.8 Å². The van der Waals surface area contributed by atoms with Crippen molar-refractivity contribution in [3.8, 4) is 11.5 Å². The van der Waals surface area contributed by atoms with Crippen molar-refractivity contribution in [1.82, 2.24) is 0 Å². The second kappa shape index (κ2) is 2.14. The van der Waals surface area contributed by atoms with Crippen molar-refractivity contribution in [3.63, 3.8) is 0 Å². The van der Waals surface area contributed by atoms with E-state index in [9.17, 15) is 10.2 Å². The third-order valence-corrected chi connectivity index (χ3v) is 2.31. The van der Waals surface area contributed by atoms with Crippen molar-refractivity contribution < 1.29 is 10.2 Å². The molecule has 3 nitrogen and oxygen atoms in total. The highest BCUT2D eigenvalue weighted by atomic mass is 16.3. The van der Waals surface area contributed by atoms with Gasteiger partial charge in [-0.15, -0.1) is 0 Å². The second-order valence-corrected chi connectivity index (χ2v) is 3.33. The largest absolute Gasteiger partial charge is 0.507 e. The molecule has 0 amide bonds. The molecule has 0 aromatic heterocycles. The van der Waals surface area contributed by atoms with E-state index in [1.54, 1.807) is 18.2 Å². The van der Waals surface area contributed by atoms with Gasteiger partial charge in [-0.25, -0.2) is 0 Å². The van der Waals surface area contributed by atoms with Gasteiger partial charge in [0.1, 0.15) is 11.5 Å². The Bertz CT molecular complexity index is 298. The molecule has 0 unspecified atom stereocenters. The van der Waals surface area contributed by atoms with Gasteiger partial charge in [0.2, 0.25) is 0 Å². The minimum atomic E-state index is -0.477. The zero-order chi connectivity index (χ0) is 8.77. The molecule has 1 aliphatic carbocycles. The van der Waals surface area contributed by atoms with E-state index in [2.05, 4.69) is 0 Å². The van der Waals surface area contributed by atoms with E-state index in [-0.39, 0.29) is 11.5 Å². The number of phenolic OH excluding ortho intramolecular Hbond substituents is 2. The second-order valence-electron chi connectivity index (χ2n) is 3.33. The fourth-order valence-electron chi connectivity index (χ4n) is 1.42. The molecular weight excluding hydrogens is 154 g/mol. The van der Waals surface area contributed by atoms with Gasteiger partial charge in [0.15, 0.2) is 0 Å². The summed E-state index contributed by atoms with van der Waals surface area (Å²) in [4.78, 5) is 0. The molecule has 1 aromatic carbocycles. The van der Waals surface area contributed by atoms with Crippen molar-refractivity contribution in [2.24, 2.45) is 5.73 Å². The molecule has 3 heteroatoms. The van der Waals surface area contributed by atoms with Gasteiger partial charge in [0.25, 0.3) is 0 Å². The van der Waals surface area contributed by atoms with Crippen LogP contribution in [0.2, 0.25) is 0 Å². The highest BCUT2D eigenvalue weighted by Crippen LogP contribution is 2.49. The quantitative estimate of drug-likeness (QED) is 0.582. The molecule has 4 N–H and O–H groups in total. The maximum atomic E-state index is 9.43. The fourth-order valence-corrected chi connectivity index (χ4v) is 1.42. The molecular formula is C9H11NO2. The Hall–Kier alpha value is -1.22. The standard InChI is InChI=1S/C9H11NO2/c10-9(4-5-9)8-6(11)2-1-3-7(8)12/h1-3,11-12H,4-5,10H2. The number of nitrogens with two attached hydrogens (primary N) is 1. The van der Waals surface area contributed by atoms with Gasteiger partial charge in [0, 0.05) is 5.54 Å². The van der Waals surface area contributed by atoms with Gasteiger partial charge < -0.3 is 15.9 Å². The lowest BCUT2D eigenvalue weighted by molar-refractivity contribution is 0.426. The zero-order valence-corrected chi connectivity index (χ0v) is 6.62. The maximum Gasteiger partial charge on any atom is 0.124 e. The molecule has 0 saturated heterocycles. The summed E-state index contributed by atoms with van der Waals surface area (Å²) in [6.07, 6.45) is 1.66. The first-order valence-corrected chi connectivity index (χ1v) is 3.94. The molecule has 0 aliphatic heterocycles. The first kappa shape index (κ1) is 7.43. The molecule has 1 fully saturated rings. The van der Waals surface area contributed by atoms with Crippen LogP contribution in [0.1, 0.15) is 18.4 Å². The van der Waals surface area contributed by atoms with Crippen LogP contribution in [0, 0.1) is 0 Å². The minimum Gasteiger partial charge on any atom is -0.507 e. The molecule has 2 rings (SSSR count). The molecule has 0 atom stereocenters. The Morgan fingerprint density at radius 3 is 2.08 bits per heavy atom. The zero-order valence-electron chi connectivity index (χ0n) is 6.62. The Morgan fingerprint density at radius 1 is 1.17 bits per heavy atom. The van der Waals surface area contributed by atoms with Crippen LogP contribution >= 0.6 is 0 Å². The van der Waals surface area contributed by atoms with E-state index < -0.39 is 5.54 Å². The van der Waals surface area contributed by atoms with Crippen molar-refractivity contribution in [3.05, 3.63) is 23.8 Å². The number of hydrogen-bond donors (Lipinski definition) is 3. The highest BCUT2D eigenvalue weighted by Gasteiger charge is 2.43. The summed E-state index contributed by atoms with van der Waals surface area (Å²) < 4.78 is 0. The number of rotatable bonds is 1. The summed E-state index contributed by atoms with van der Waals surface area (Å²) in [6, 6.07) is 4.68. The molecule has 64 valence electrons. The summed E-state index contributed by atoms with van der Waals surface area (Å²) in [5.41, 5.74) is 5.86. The van der Waals surface area contributed by atoms with Gasteiger partial charge in [-0.3, -0.25) is 0 Å². The Kier molecular flexibility index (Phi) is 1.32. The predicted octanol–water partition coefficient (Wildman–Crippen LogP) is 1.05. The van der Waals surface area contributed by atoms with E-state index in [4.69, 9.17) is 5.73 Å². The van der Waals surface area contributed by atoms with Gasteiger partial charge in [-0.2, -0.15) is 0 Å². The average Bonchev–Trinajstić information content (AvgIpc) is 2.68. The number of hydrogen-bond acceptors (Lipinski definition) is 3. The van der Waals surface area contributed by atoms with Crippen molar-refractivity contribution in [1.29, 1.82) is 0 Å². The summed E-state index contributed by atoms with van der Waals surface area (Å²) >= 11 is 0. The summed E-state index contributed by atoms with van der Waals surface area (Å²) in [5.74, 6) is 0.185. The molecule has 0 bridgehead atoms. The summed E-state index contributed by atoms with van der Waals surface area (Å²) in [5, 5.41) is 18.9. The molecule has 1 aromatic rings. The van der Waals surface area contributed by atoms with Gasteiger partial charge >= 0.3 is 0 Å². The SMILES string of the molecule is NC1(c2c(O)cccc2O)CC1. The maximum absolute atomic E-state index is 9.43. The van der Waals surface area contributed by atoms with Crippen molar-refractivity contribution >= 4 is 0 Å². The lowest BCUT2D eigenvalue weighted by Crippen LogP contribution is -2.18. The molecule has 0 spiro atoms. The minimum absolute atomic E-state index is 0.0926. The summed E-state index contributed by atoms with van der Waals surface area (Å²) in [6.45, 7) is 0. The number of benzene rings is 1. The smallest absolute Gasteiger partial charge is 0.124 e. The molecule has 1 saturated carbocycles. The van der Waals surface area contributed by atoms with Crippen LogP contribution in [0.3, 0.4) is 0 Å². The molecule has 0 radical (unpaired) electrons. The van der Waals surface area contributed by atoms with Gasteiger partial charge in [-0.05, 0) is 25.0 Å². The lowest BCUT2D eigenvalue weighted by Gasteiger charge is -2.12. The Balaban J connectivity index is 2.55. The Labute approximate surface area is 70.4 Å². The molecule has 12 heavy (non-hydrogen) atoms. The van der Waals surface area contributed by atoms with Gasteiger partial charge in [-0.1, -0.05) is 6.07 Å². The van der Waals surface area contributed by atoms with Crippen LogP contribution in [0.4, 0.5) is 0 Å². The van der Waals surface area contributed by atoms with Crippen LogP contribution < -0.4 is 5.73 Å². The van der Waals surface area contributed by atoms with E-state index >= 15 is 0 Å². The first-order chi connectivity index (χ1) is 5.63. The van der Waals surface area contributed by atoms with E-state index in [0.29, 0.717) is 5.56 Å². The molecule has 0 heterocycles. The van der Waals surface area contributed by atoms with Crippen LogP contribution in [-0.4, -0.2) is 10.2 Å². The fraction of sp³-hybridized carbons (Fsp3) is 0.333. The van der Waals surface area contributed by atoms with Crippen LogP contribution in [0.15, 0.2) is 18.2 Å². The monoisotopic (exact) mass is 165 g/mol. The third kappa shape index (κ3) is 0.940. The highest BCUT2D eigenvalue weighted by molar-refractivity contribution is 5.50.